The number of benzene rings is 1. The van der Waals surface area contributed by atoms with Crippen LogP contribution in [0.25, 0.3) is 4.85 Å². The molecule has 9 nitrogen and oxygen atoms in total. The third-order valence-corrected chi connectivity index (χ3v) is 4.79. The molecular weight excluding hydrogens is 370 g/mol. The summed E-state index contributed by atoms with van der Waals surface area (Å²) >= 11 is 0. The van der Waals surface area contributed by atoms with Gasteiger partial charge in [0, 0.05) is 12.7 Å². The molecule has 2 N–H and O–H groups in total. The van der Waals surface area contributed by atoms with Crippen LogP contribution in [0.5, 0.6) is 0 Å². The second kappa shape index (κ2) is 7.39. The van der Waals surface area contributed by atoms with E-state index in [1.54, 1.807) is 38.2 Å². The number of para-hydroxylation sites is 1. The maximum absolute atomic E-state index is 13.1. The molecule has 1 aliphatic heterocycles. The van der Waals surface area contributed by atoms with Gasteiger partial charge in [-0.2, -0.15) is 10.2 Å². The zero-order valence-corrected chi connectivity index (χ0v) is 17.0. The standard InChI is InChI=1S/C20H23N7O2/c1-12-14(22-24-17-15(21-5)16(23-25-17)20(2,3)4)18(28)27(19(29)26(12)6)13-10-8-7-9-11-13/h7-12H,1-4,6H3,(H2,23,24,25). The van der Waals surface area contributed by atoms with Crippen molar-refractivity contribution in [3.8, 4) is 0 Å². The summed E-state index contributed by atoms with van der Waals surface area (Å²) in [7, 11) is 1.61. The van der Waals surface area contributed by atoms with Crippen LogP contribution in [-0.2, 0) is 10.2 Å². The highest BCUT2D eigenvalue weighted by Crippen LogP contribution is 2.35. The number of rotatable bonds is 3. The van der Waals surface area contributed by atoms with Gasteiger partial charge in [0.1, 0.15) is 5.71 Å². The molecular formula is C20H23N7O2. The average molecular weight is 393 g/mol. The molecule has 150 valence electrons. The highest BCUT2D eigenvalue weighted by atomic mass is 16.2. The molecule has 0 aliphatic carbocycles. The van der Waals surface area contributed by atoms with Crippen molar-refractivity contribution in [2.45, 2.75) is 39.2 Å². The highest BCUT2D eigenvalue weighted by molar-refractivity contribution is 6.51. The monoisotopic (exact) mass is 393 g/mol. The van der Waals surface area contributed by atoms with Gasteiger partial charge in [0.25, 0.3) is 11.6 Å². The lowest BCUT2D eigenvalue weighted by Gasteiger charge is -2.36. The number of urea groups is 1. The minimum atomic E-state index is -0.542. The van der Waals surface area contributed by atoms with Gasteiger partial charge in [-0.1, -0.05) is 39.0 Å². The molecule has 2 heterocycles. The summed E-state index contributed by atoms with van der Waals surface area (Å²) in [4.78, 5) is 31.8. The molecule has 9 heteroatoms. The minimum absolute atomic E-state index is 0.146. The van der Waals surface area contributed by atoms with Crippen LogP contribution < -0.4 is 10.3 Å². The van der Waals surface area contributed by atoms with Gasteiger partial charge < -0.3 is 4.90 Å². The van der Waals surface area contributed by atoms with Crippen molar-refractivity contribution in [2.75, 3.05) is 17.4 Å². The van der Waals surface area contributed by atoms with Gasteiger partial charge in [0.2, 0.25) is 0 Å². The van der Waals surface area contributed by atoms with Crippen molar-refractivity contribution >= 4 is 34.8 Å². The Balaban J connectivity index is 1.96. The summed E-state index contributed by atoms with van der Waals surface area (Å²) in [6, 6.07) is 7.72. The molecule has 0 bridgehead atoms. The molecule has 29 heavy (non-hydrogen) atoms. The van der Waals surface area contributed by atoms with Crippen molar-refractivity contribution in [1.82, 2.24) is 15.1 Å². The van der Waals surface area contributed by atoms with Crippen molar-refractivity contribution in [3.05, 3.63) is 47.4 Å². The van der Waals surface area contributed by atoms with Crippen LogP contribution in [0.4, 0.5) is 22.0 Å². The number of anilines is 2. The zero-order valence-electron chi connectivity index (χ0n) is 17.0. The Morgan fingerprint density at radius 2 is 1.90 bits per heavy atom. The van der Waals surface area contributed by atoms with Crippen LogP contribution in [0.15, 0.2) is 35.4 Å². The third kappa shape index (κ3) is 3.57. The van der Waals surface area contributed by atoms with E-state index in [0.29, 0.717) is 17.1 Å². The molecule has 0 spiro atoms. The van der Waals surface area contributed by atoms with Crippen LogP contribution in [0.2, 0.25) is 0 Å². The smallest absolute Gasteiger partial charge is 0.318 e. The fraction of sp³-hybridized carbons (Fsp3) is 0.350. The summed E-state index contributed by atoms with van der Waals surface area (Å²) < 4.78 is 0. The summed E-state index contributed by atoms with van der Waals surface area (Å²) in [6.45, 7) is 15.1. The van der Waals surface area contributed by atoms with Gasteiger partial charge in [-0.25, -0.2) is 14.5 Å². The van der Waals surface area contributed by atoms with Crippen LogP contribution in [-0.4, -0.2) is 45.8 Å². The Hall–Kier alpha value is -3.67. The number of H-pyrrole nitrogens is 1. The average Bonchev–Trinajstić information content (AvgIpc) is 3.10. The van der Waals surface area contributed by atoms with Gasteiger partial charge in [-0.05, 0) is 24.5 Å². The first kappa shape index (κ1) is 20.1. The van der Waals surface area contributed by atoms with Gasteiger partial charge in [-0.3, -0.25) is 15.3 Å². The Labute approximate surface area is 169 Å². The van der Waals surface area contributed by atoms with E-state index in [9.17, 15) is 9.59 Å². The predicted octanol–water partition coefficient (Wildman–Crippen LogP) is 3.51. The number of aromatic amines is 1. The third-order valence-electron chi connectivity index (χ3n) is 4.79. The topological polar surface area (TPSA) is 98.0 Å². The number of hydrazone groups is 1. The van der Waals surface area contributed by atoms with Gasteiger partial charge in [0.05, 0.1) is 18.3 Å². The molecule has 0 radical (unpaired) electrons. The molecule has 3 rings (SSSR count). The first-order valence-electron chi connectivity index (χ1n) is 9.13. The quantitative estimate of drug-likeness (QED) is 0.616. The maximum atomic E-state index is 13.1. The Morgan fingerprint density at radius 1 is 1.24 bits per heavy atom. The Kier molecular flexibility index (Phi) is 5.12. The maximum Gasteiger partial charge on any atom is 0.331 e. The molecule has 1 fully saturated rings. The molecule has 1 aromatic carbocycles. The summed E-state index contributed by atoms with van der Waals surface area (Å²) in [5, 5.41) is 11.2. The molecule has 1 aliphatic rings. The molecule has 0 saturated carbocycles. The van der Waals surface area contributed by atoms with E-state index >= 15 is 0 Å². The molecule has 1 saturated heterocycles. The second-order valence-corrected chi connectivity index (χ2v) is 7.81. The lowest BCUT2D eigenvalue weighted by molar-refractivity contribution is -0.112. The molecule has 1 aromatic heterocycles. The fourth-order valence-corrected chi connectivity index (χ4v) is 2.99. The SMILES string of the molecule is [C-]#[N+]c1c(NN=C2C(=O)N(c3ccccc3)C(=O)N(C)C2C)n[nH]c1C(C)(C)C. The lowest BCUT2D eigenvalue weighted by atomic mass is 9.91. The molecule has 2 aromatic rings. The summed E-state index contributed by atoms with van der Waals surface area (Å²) in [5.74, 6) is -0.279. The summed E-state index contributed by atoms with van der Waals surface area (Å²) in [6.07, 6.45) is 0. The number of amides is 3. The van der Waals surface area contributed by atoms with Crippen LogP contribution in [0.3, 0.4) is 0 Å². The van der Waals surface area contributed by atoms with E-state index in [0.717, 1.165) is 4.90 Å². The molecule has 1 unspecified atom stereocenters. The van der Waals surface area contributed by atoms with E-state index < -0.39 is 18.0 Å². The number of imide groups is 1. The number of hydrogen-bond acceptors (Lipinski definition) is 5. The largest absolute Gasteiger partial charge is 0.331 e. The second-order valence-electron chi connectivity index (χ2n) is 7.81. The molecule has 1 atom stereocenters. The normalized spacial score (nSPS) is 18.9. The lowest BCUT2D eigenvalue weighted by Crippen LogP contribution is -2.60. The molecule has 3 amide bonds. The van der Waals surface area contributed by atoms with Crippen molar-refractivity contribution in [3.63, 3.8) is 0 Å². The van der Waals surface area contributed by atoms with Crippen LogP contribution in [0, 0.1) is 6.57 Å². The van der Waals surface area contributed by atoms with Gasteiger partial charge in [0.15, 0.2) is 5.82 Å². The Morgan fingerprint density at radius 3 is 2.48 bits per heavy atom. The predicted molar refractivity (Wildman–Crippen MR) is 111 cm³/mol. The number of nitrogens with one attached hydrogen (secondary N) is 2. The van der Waals surface area contributed by atoms with E-state index in [1.165, 1.54) is 4.90 Å². The van der Waals surface area contributed by atoms with Crippen molar-refractivity contribution in [2.24, 2.45) is 5.10 Å². The summed E-state index contributed by atoms with van der Waals surface area (Å²) in [5.41, 5.74) is 4.05. The number of nitrogens with zero attached hydrogens (tertiary/aromatic N) is 5. The fourth-order valence-electron chi connectivity index (χ4n) is 2.99. The number of hydrogen-bond donors (Lipinski definition) is 2. The van der Waals surface area contributed by atoms with Gasteiger partial charge in [-0.15, -0.1) is 0 Å². The van der Waals surface area contributed by atoms with E-state index in [-0.39, 0.29) is 16.9 Å². The first-order chi connectivity index (χ1) is 13.7. The van der Waals surface area contributed by atoms with Crippen molar-refractivity contribution < 1.29 is 9.59 Å². The number of aromatic nitrogens is 2. The van der Waals surface area contributed by atoms with Crippen LogP contribution in [0.1, 0.15) is 33.4 Å². The number of carbonyl (C=O) groups excluding carboxylic acids is 2. The number of carbonyl (C=O) groups is 2. The van der Waals surface area contributed by atoms with Crippen LogP contribution >= 0.6 is 0 Å². The van der Waals surface area contributed by atoms with E-state index in [4.69, 9.17) is 6.57 Å². The Bertz CT molecular complexity index is 1010. The van der Waals surface area contributed by atoms with Gasteiger partial charge >= 0.3 is 6.03 Å². The van der Waals surface area contributed by atoms with E-state index in [1.807, 2.05) is 26.8 Å². The van der Waals surface area contributed by atoms with Crippen molar-refractivity contribution in [1.29, 1.82) is 0 Å². The van der Waals surface area contributed by atoms with E-state index in [2.05, 4.69) is 25.6 Å². The zero-order chi connectivity index (χ0) is 21.3. The minimum Gasteiger partial charge on any atom is -0.318 e. The first-order valence-corrected chi connectivity index (χ1v) is 9.13. The highest BCUT2D eigenvalue weighted by Gasteiger charge is 2.41.